The Bertz CT molecular complexity index is 374. The highest BCUT2D eigenvalue weighted by Gasteiger charge is 2.24. The largest absolute Gasteiger partial charge is 0.396 e. The van der Waals surface area contributed by atoms with Gasteiger partial charge in [-0.05, 0) is 25.0 Å². The third-order valence-electron chi connectivity index (χ3n) is 2.21. The molecule has 0 atom stereocenters. The van der Waals surface area contributed by atoms with Crippen LogP contribution in [0.4, 0.5) is 10.1 Å². The average Bonchev–Trinajstić information content (AvgIpc) is 2.93. The summed E-state index contributed by atoms with van der Waals surface area (Å²) in [6, 6.07) is 4.50. The van der Waals surface area contributed by atoms with Gasteiger partial charge < -0.3 is 11.1 Å². The normalized spacial score (nSPS) is 15.2. The maximum Gasteiger partial charge on any atom is 0.253 e. The van der Waals surface area contributed by atoms with Crippen molar-refractivity contribution in [3.63, 3.8) is 0 Å². The third kappa shape index (κ3) is 1.69. The SMILES string of the molecule is Nc1c(F)cccc1C(=O)NC1CC1. The molecule has 14 heavy (non-hydrogen) atoms. The molecule has 1 aromatic carbocycles. The van der Waals surface area contributed by atoms with Crippen molar-refractivity contribution in [1.82, 2.24) is 5.32 Å². The smallest absolute Gasteiger partial charge is 0.253 e. The molecule has 1 fully saturated rings. The number of nitrogens with two attached hydrogens (primary N) is 1. The molecule has 3 nitrogen and oxygen atoms in total. The second-order valence-electron chi connectivity index (χ2n) is 3.45. The number of hydrogen-bond donors (Lipinski definition) is 2. The minimum absolute atomic E-state index is 0.0781. The van der Waals surface area contributed by atoms with Crippen molar-refractivity contribution in [3.8, 4) is 0 Å². The summed E-state index contributed by atoms with van der Waals surface area (Å²) in [7, 11) is 0. The van der Waals surface area contributed by atoms with Crippen LogP contribution < -0.4 is 11.1 Å². The molecule has 1 saturated carbocycles. The van der Waals surface area contributed by atoms with E-state index >= 15 is 0 Å². The molecule has 1 aliphatic carbocycles. The summed E-state index contributed by atoms with van der Waals surface area (Å²) in [5.74, 6) is -0.835. The van der Waals surface area contributed by atoms with Crippen molar-refractivity contribution in [2.24, 2.45) is 0 Å². The number of nitrogens with one attached hydrogen (secondary N) is 1. The van der Waals surface area contributed by atoms with Crippen LogP contribution in [0.15, 0.2) is 18.2 Å². The van der Waals surface area contributed by atoms with Crippen molar-refractivity contribution in [1.29, 1.82) is 0 Å². The average molecular weight is 194 g/mol. The lowest BCUT2D eigenvalue weighted by atomic mass is 10.1. The number of carbonyl (C=O) groups excluding carboxylic acids is 1. The molecule has 0 unspecified atom stereocenters. The van der Waals surface area contributed by atoms with Crippen molar-refractivity contribution >= 4 is 11.6 Å². The Balaban J connectivity index is 2.21. The number of anilines is 1. The standard InChI is InChI=1S/C10H11FN2O/c11-8-3-1-2-7(9(8)12)10(14)13-6-4-5-6/h1-3,6H,4-5,12H2,(H,13,14). The van der Waals surface area contributed by atoms with Crippen LogP contribution in [0, 0.1) is 5.82 Å². The summed E-state index contributed by atoms with van der Waals surface area (Å²) in [5.41, 5.74) is 5.59. The zero-order valence-corrected chi connectivity index (χ0v) is 7.59. The predicted octanol–water partition coefficient (Wildman–Crippen LogP) is 1.30. The first-order valence-corrected chi connectivity index (χ1v) is 4.53. The van der Waals surface area contributed by atoms with Gasteiger partial charge in [-0.25, -0.2) is 4.39 Å². The lowest BCUT2D eigenvalue weighted by molar-refractivity contribution is 0.0951. The molecule has 0 bridgehead atoms. The first-order chi connectivity index (χ1) is 6.68. The molecule has 0 spiro atoms. The first-order valence-electron chi connectivity index (χ1n) is 4.53. The van der Waals surface area contributed by atoms with Crippen molar-refractivity contribution in [2.75, 3.05) is 5.73 Å². The number of carbonyl (C=O) groups is 1. The highest BCUT2D eigenvalue weighted by Crippen LogP contribution is 2.21. The van der Waals surface area contributed by atoms with Gasteiger partial charge in [0.1, 0.15) is 5.82 Å². The van der Waals surface area contributed by atoms with Crippen LogP contribution in [0.1, 0.15) is 23.2 Å². The van der Waals surface area contributed by atoms with Gasteiger partial charge >= 0.3 is 0 Å². The van der Waals surface area contributed by atoms with E-state index in [1.54, 1.807) is 0 Å². The van der Waals surface area contributed by atoms with Crippen LogP contribution in [0.25, 0.3) is 0 Å². The lowest BCUT2D eigenvalue weighted by Gasteiger charge is -2.06. The molecule has 0 heterocycles. The van der Waals surface area contributed by atoms with Gasteiger partial charge in [0.05, 0.1) is 11.3 Å². The molecular formula is C10H11FN2O. The summed E-state index contributed by atoms with van der Waals surface area (Å²) in [6.07, 6.45) is 2.00. The van der Waals surface area contributed by atoms with E-state index in [1.807, 2.05) is 0 Å². The highest BCUT2D eigenvalue weighted by molar-refractivity contribution is 5.99. The summed E-state index contributed by atoms with van der Waals surface area (Å²) in [5, 5.41) is 2.75. The van der Waals surface area contributed by atoms with Crippen LogP contribution in [0.5, 0.6) is 0 Å². The monoisotopic (exact) mass is 194 g/mol. The van der Waals surface area contributed by atoms with Gasteiger partial charge in [-0.2, -0.15) is 0 Å². The molecule has 1 amide bonds. The molecule has 1 aliphatic rings. The third-order valence-corrected chi connectivity index (χ3v) is 2.21. The fraction of sp³-hybridized carbons (Fsp3) is 0.300. The van der Waals surface area contributed by atoms with E-state index in [0.29, 0.717) is 0 Å². The maximum atomic E-state index is 13.0. The van der Waals surface area contributed by atoms with E-state index in [-0.39, 0.29) is 23.2 Å². The molecular weight excluding hydrogens is 183 g/mol. The molecule has 0 aromatic heterocycles. The van der Waals surface area contributed by atoms with Gasteiger partial charge in [0, 0.05) is 6.04 Å². The molecule has 0 saturated heterocycles. The Morgan fingerprint density at radius 2 is 2.21 bits per heavy atom. The number of para-hydroxylation sites is 1. The van der Waals surface area contributed by atoms with Crippen molar-refractivity contribution in [2.45, 2.75) is 18.9 Å². The van der Waals surface area contributed by atoms with Gasteiger partial charge in [0.2, 0.25) is 0 Å². The number of halogens is 1. The fourth-order valence-electron chi connectivity index (χ4n) is 1.23. The molecule has 0 radical (unpaired) electrons. The van der Waals surface area contributed by atoms with Crippen LogP contribution in [0.3, 0.4) is 0 Å². The quantitative estimate of drug-likeness (QED) is 0.697. The highest BCUT2D eigenvalue weighted by atomic mass is 19.1. The van der Waals surface area contributed by atoms with E-state index in [9.17, 15) is 9.18 Å². The number of nitrogen functional groups attached to an aromatic ring is 1. The van der Waals surface area contributed by atoms with Gasteiger partial charge in [-0.3, -0.25) is 4.79 Å². The summed E-state index contributed by atoms with van der Waals surface area (Å²) in [4.78, 5) is 11.5. The molecule has 1 aromatic rings. The van der Waals surface area contributed by atoms with Crippen LogP contribution in [-0.2, 0) is 0 Å². The predicted molar refractivity (Wildman–Crippen MR) is 51.3 cm³/mol. The van der Waals surface area contributed by atoms with Gasteiger partial charge in [-0.1, -0.05) is 6.07 Å². The fourth-order valence-corrected chi connectivity index (χ4v) is 1.23. The van der Waals surface area contributed by atoms with Crippen molar-refractivity contribution in [3.05, 3.63) is 29.6 Å². The molecule has 3 N–H and O–H groups in total. The molecule has 2 rings (SSSR count). The van der Waals surface area contributed by atoms with Gasteiger partial charge in [0.25, 0.3) is 5.91 Å². The minimum Gasteiger partial charge on any atom is -0.396 e. The lowest BCUT2D eigenvalue weighted by Crippen LogP contribution is -2.26. The molecule has 4 heteroatoms. The zero-order valence-electron chi connectivity index (χ0n) is 7.59. The molecule has 0 aliphatic heterocycles. The van der Waals surface area contributed by atoms with Crippen LogP contribution in [-0.4, -0.2) is 11.9 Å². The maximum absolute atomic E-state index is 13.0. The van der Waals surface area contributed by atoms with Crippen molar-refractivity contribution < 1.29 is 9.18 Å². The Labute approximate surface area is 81.1 Å². The zero-order chi connectivity index (χ0) is 10.1. The van der Waals surface area contributed by atoms with E-state index < -0.39 is 5.82 Å². The van der Waals surface area contributed by atoms with E-state index in [1.165, 1.54) is 18.2 Å². The Morgan fingerprint density at radius 1 is 1.50 bits per heavy atom. The van der Waals surface area contributed by atoms with E-state index in [4.69, 9.17) is 5.73 Å². The Morgan fingerprint density at radius 3 is 2.86 bits per heavy atom. The van der Waals surface area contributed by atoms with Gasteiger partial charge in [-0.15, -0.1) is 0 Å². The molecule has 74 valence electrons. The number of benzene rings is 1. The van der Waals surface area contributed by atoms with E-state index in [0.717, 1.165) is 12.8 Å². The van der Waals surface area contributed by atoms with Crippen LogP contribution in [0.2, 0.25) is 0 Å². The number of hydrogen-bond acceptors (Lipinski definition) is 2. The number of amides is 1. The second kappa shape index (κ2) is 3.29. The van der Waals surface area contributed by atoms with E-state index in [2.05, 4.69) is 5.32 Å². The number of rotatable bonds is 2. The minimum atomic E-state index is -0.548. The Hall–Kier alpha value is -1.58. The summed E-state index contributed by atoms with van der Waals surface area (Å²) in [6.45, 7) is 0. The Kier molecular flexibility index (Phi) is 2.11. The summed E-state index contributed by atoms with van der Waals surface area (Å²) < 4.78 is 13.0. The topological polar surface area (TPSA) is 55.1 Å². The second-order valence-corrected chi connectivity index (χ2v) is 3.45. The van der Waals surface area contributed by atoms with Crippen LogP contribution >= 0.6 is 0 Å². The summed E-state index contributed by atoms with van der Waals surface area (Å²) >= 11 is 0. The first kappa shape index (κ1) is 8.99. The van der Waals surface area contributed by atoms with Gasteiger partial charge in [0.15, 0.2) is 0 Å².